The molecule has 3 N–H and O–H groups in total. The van der Waals surface area contributed by atoms with Gasteiger partial charge in [0.1, 0.15) is 11.4 Å². The van der Waals surface area contributed by atoms with Crippen LogP contribution in [0.1, 0.15) is 5.56 Å². The van der Waals surface area contributed by atoms with Gasteiger partial charge in [-0.1, -0.05) is 24.3 Å². The number of nitrogen functional groups attached to an aromatic ring is 1. The summed E-state index contributed by atoms with van der Waals surface area (Å²) in [5.74, 6) is 0. The minimum Gasteiger partial charge on any atom is -0.393 e. The minimum atomic E-state index is -0.476. The molecule has 0 heterocycles. The predicted octanol–water partition coefficient (Wildman–Crippen LogP) is 3.23. The van der Waals surface area contributed by atoms with E-state index >= 15 is 0 Å². The van der Waals surface area contributed by atoms with Crippen molar-refractivity contribution in [2.45, 2.75) is 6.92 Å². The molecule has 0 aliphatic rings. The summed E-state index contributed by atoms with van der Waals surface area (Å²) in [6.07, 6.45) is 0. The van der Waals surface area contributed by atoms with Crippen molar-refractivity contribution in [3.63, 3.8) is 0 Å². The number of nitro benzene ring substituents is 1. The van der Waals surface area contributed by atoms with Crippen LogP contribution in [0.15, 0.2) is 42.5 Å². The number of hydrogen-bond donors (Lipinski definition) is 2. The molecular weight excluding hydrogens is 230 g/mol. The van der Waals surface area contributed by atoms with Crippen LogP contribution in [0.25, 0.3) is 0 Å². The second kappa shape index (κ2) is 4.75. The fourth-order valence-electron chi connectivity index (χ4n) is 1.72. The molecule has 5 heteroatoms. The fraction of sp³-hybridized carbons (Fsp3) is 0.0769. The highest BCUT2D eigenvalue weighted by molar-refractivity contribution is 5.78. The van der Waals surface area contributed by atoms with Gasteiger partial charge in [0.25, 0.3) is 0 Å². The largest absolute Gasteiger partial charge is 0.393 e. The van der Waals surface area contributed by atoms with Crippen molar-refractivity contribution in [3.05, 3.63) is 58.1 Å². The summed E-state index contributed by atoms with van der Waals surface area (Å²) < 4.78 is 0. The van der Waals surface area contributed by atoms with E-state index in [0.29, 0.717) is 5.69 Å². The molecule has 0 atom stereocenters. The zero-order valence-electron chi connectivity index (χ0n) is 9.88. The Morgan fingerprint density at radius 1 is 1.11 bits per heavy atom. The molecule has 0 fully saturated rings. The Bertz CT molecular complexity index is 597. The van der Waals surface area contributed by atoms with Crippen LogP contribution in [0.2, 0.25) is 0 Å². The number of para-hydroxylation sites is 2. The van der Waals surface area contributed by atoms with Gasteiger partial charge in [0.15, 0.2) is 0 Å². The summed E-state index contributed by atoms with van der Waals surface area (Å²) in [5, 5.41) is 14.0. The first kappa shape index (κ1) is 11.9. The third-order valence-electron chi connectivity index (χ3n) is 2.66. The Hall–Kier alpha value is -2.56. The number of benzene rings is 2. The fourth-order valence-corrected chi connectivity index (χ4v) is 1.72. The Labute approximate surface area is 104 Å². The lowest BCUT2D eigenvalue weighted by molar-refractivity contribution is -0.383. The predicted molar refractivity (Wildman–Crippen MR) is 72.0 cm³/mol. The van der Waals surface area contributed by atoms with Crippen molar-refractivity contribution >= 4 is 22.7 Å². The van der Waals surface area contributed by atoms with E-state index in [9.17, 15) is 10.1 Å². The summed E-state index contributed by atoms with van der Waals surface area (Å²) >= 11 is 0. The average molecular weight is 243 g/mol. The molecule has 0 aromatic heterocycles. The quantitative estimate of drug-likeness (QED) is 0.492. The number of nitrogens with two attached hydrogens (primary N) is 1. The van der Waals surface area contributed by atoms with Crippen molar-refractivity contribution in [3.8, 4) is 0 Å². The molecule has 0 aliphatic carbocycles. The molecule has 2 aromatic carbocycles. The lowest BCUT2D eigenvalue weighted by Crippen LogP contribution is -2.01. The second-order valence-corrected chi connectivity index (χ2v) is 3.94. The molecule has 92 valence electrons. The molecule has 2 aromatic rings. The monoisotopic (exact) mass is 243 g/mol. The number of nitro groups is 1. The number of nitrogens with zero attached hydrogens (tertiary/aromatic N) is 1. The lowest BCUT2D eigenvalue weighted by Gasteiger charge is -2.10. The Kier molecular flexibility index (Phi) is 3.14. The van der Waals surface area contributed by atoms with Gasteiger partial charge in [0, 0.05) is 5.69 Å². The first-order valence-corrected chi connectivity index (χ1v) is 5.45. The maximum atomic E-state index is 11.0. The van der Waals surface area contributed by atoms with E-state index in [1.165, 1.54) is 6.07 Å². The van der Waals surface area contributed by atoms with Gasteiger partial charge in [-0.05, 0) is 30.7 Å². The number of hydrogen-bond acceptors (Lipinski definition) is 4. The molecule has 0 spiro atoms. The van der Waals surface area contributed by atoms with E-state index in [2.05, 4.69) is 5.32 Å². The number of nitrogens with one attached hydrogen (secondary N) is 1. The summed E-state index contributed by atoms with van der Waals surface area (Å²) in [6, 6.07) is 12.4. The maximum absolute atomic E-state index is 11.0. The van der Waals surface area contributed by atoms with Gasteiger partial charge in [-0.2, -0.15) is 0 Å². The van der Waals surface area contributed by atoms with E-state index in [1.807, 2.05) is 31.2 Å². The second-order valence-electron chi connectivity index (χ2n) is 3.94. The smallest absolute Gasteiger partial charge is 0.315 e. The van der Waals surface area contributed by atoms with Crippen molar-refractivity contribution in [2.75, 3.05) is 11.1 Å². The summed E-state index contributed by atoms with van der Waals surface area (Å²) in [6.45, 7) is 1.93. The van der Waals surface area contributed by atoms with Crippen LogP contribution in [0.3, 0.4) is 0 Å². The molecule has 0 saturated heterocycles. The van der Waals surface area contributed by atoms with Gasteiger partial charge in [-0.15, -0.1) is 0 Å². The molecule has 0 saturated carbocycles. The van der Waals surface area contributed by atoms with Gasteiger partial charge in [-0.3, -0.25) is 10.1 Å². The third kappa shape index (κ3) is 2.24. The Morgan fingerprint density at radius 3 is 2.44 bits per heavy atom. The van der Waals surface area contributed by atoms with Crippen molar-refractivity contribution < 1.29 is 4.92 Å². The van der Waals surface area contributed by atoms with Crippen LogP contribution in [-0.2, 0) is 0 Å². The van der Waals surface area contributed by atoms with Crippen LogP contribution in [-0.4, -0.2) is 4.92 Å². The molecule has 2 rings (SSSR count). The normalized spacial score (nSPS) is 10.1. The van der Waals surface area contributed by atoms with E-state index in [-0.39, 0.29) is 11.4 Å². The number of rotatable bonds is 3. The van der Waals surface area contributed by atoms with Crippen LogP contribution >= 0.6 is 0 Å². The van der Waals surface area contributed by atoms with E-state index < -0.39 is 4.92 Å². The zero-order valence-corrected chi connectivity index (χ0v) is 9.88. The van der Waals surface area contributed by atoms with Crippen molar-refractivity contribution in [1.29, 1.82) is 0 Å². The summed E-state index contributed by atoms with van der Waals surface area (Å²) in [5.41, 5.74) is 7.92. The Morgan fingerprint density at radius 2 is 1.78 bits per heavy atom. The standard InChI is InChI=1S/C13H13N3O2/c1-9-5-2-3-7-11(9)15-12-8-4-6-10(14)13(12)16(17)18/h2-8,15H,14H2,1H3. The topological polar surface area (TPSA) is 81.2 Å². The molecule has 18 heavy (non-hydrogen) atoms. The molecular formula is C13H13N3O2. The molecule has 5 nitrogen and oxygen atoms in total. The molecule has 0 bridgehead atoms. The SMILES string of the molecule is Cc1ccccc1Nc1cccc(N)c1[N+](=O)[O-]. The molecule has 0 amide bonds. The highest BCUT2D eigenvalue weighted by Crippen LogP contribution is 2.33. The van der Waals surface area contributed by atoms with Crippen LogP contribution in [0.5, 0.6) is 0 Å². The molecule has 0 unspecified atom stereocenters. The Balaban J connectivity index is 2.44. The van der Waals surface area contributed by atoms with Gasteiger partial charge < -0.3 is 11.1 Å². The highest BCUT2D eigenvalue weighted by atomic mass is 16.6. The highest BCUT2D eigenvalue weighted by Gasteiger charge is 2.17. The van der Waals surface area contributed by atoms with Gasteiger partial charge >= 0.3 is 5.69 Å². The van der Waals surface area contributed by atoms with Crippen LogP contribution in [0, 0.1) is 17.0 Å². The third-order valence-corrected chi connectivity index (χ3v) is 2.66. The van der Waals surface area contributed by atoms with E-state index in [4.69, 9.17) is 5.73 Å². The van der Waals surface area contributed by atoms with Crippen LogP contribution in [0.4, 0.5) is 22.7 Å². The van der Waals surface area contributed by atoms with Crippen molar-refractivity contribution in [1.82, 2.24) is 0 Å². The molecule has 0 radical (unpaired) electrons. The molecule has 0 aliphatic heterocycles. The lowest BCUT2D eigenvalue weighted by atomic mass is 10.1. The van der Waals surface area contributed by atoms with E-state index in [1.54, 1.807) is 12.1 Å². The number of anilines is 3. The first-order chi connectivity index (χ1) is 8.59. The summed E-state index contributed by atoms with van der Waals surface area (Å²) in [4.78, 5) is 10.5. The number of aryl methyl sites for hydroxylation is 1. The van der Waals surface area contributed by atoms with Gasteiger partial charge in [0.05, 0.1) is 4.92 Å². The van der Waals surface area contributed by atoms with Crippen LogP contribution < -0.4 is 11.1 Å². The van der Waals surface area contributed by atoms with Crippen molar-refractivity contribution in [2.24, 2.45) is 0 Å². The zero-order chi connectivity index (χ0) is 13.1. The van der Waals surface area contributed by atoms with Gasteiger partial charge in [-0.25, -0.2) is 0 Å². The minimum absolute atomic E-state index is 0.0965. The maximum Gasteiger partial charge on any atom is 0.315 e. The van der Waals surface area contributed by atoms with E-state index in [0.717, 1.165) is 11.3 Å². The average Bonchev–Trinajstić information content (AvgIpc) is 2.31. The first-order valence-electron chi connectivity index (χ1n) is 5.45. The van der Waals surface area contributed by atoms with Gasteiger partial charge in [0.2, 0.25) is 0 Å². The summed E-state index contributed by atoms with van der Waals surface area (Å²) in [7, 11) is 0.